The van der Waals surface area contributed by atoms with Gasteiger partial charge in [-0.05, 0) is 63.1 Å². The SMILES string of the molecule is CC1(C)c2ccccc2C(C)(C)N1c1ccc(N)cc1. The van der Waals surface area contributed by atoms with Gasteiger partial charge in [0.25, 0.3) is 0 Å². The number of nitrogens with zero attached hydrogens (tertiary/aromatic N) is 1. The van der Waals surface area contributed by atoms with Crippen molar-refractivity contribution >= 4 is 11.4 Å². The second kappa shape index (κ2) is 4.02. The van der Waals surface area contributed by atoms with Crippen LogP contribution in [0.1, 0.15) is 38.8 Å². The highest BCUT2D eigenvalue weighted by atomic mass is 15.3. The maximum Gasteiger partial charge on any atom is 0.0610 e. The van der Waals surface area contributed by atoms with E-state index < -0.39 is 0 Å². The van der Waals surface area contributed by atoms with E-state index in [1.54, 1.807) is 0 Å². The molecule has 1 heterocycles. The maximum absolute atomic E-state index is 5.83. The van der Waals surface area contributed by atoms with Crippen molar-refractivity contribution in [2.24, 2.45) is 0 Å². The smallest absolute Gasteiger partial charge is 0.0610 e. The van der Waals surface area contributed by atoms with E-state index in [-0.39, 0.29) is 11.1 Å². The molecule has 3 rings (SSSR count). The highest BCUT2D eigenvalue weighted by Crippen LogP contribution is 2.51. The fraction of sp³-hybridized carbons (Fsp3) is 0.333. The summed E-state index contributed by atoms with van der Waals surface area (Å²) in [6.45, 7) is 9.15. The average molecular weight is 266 g/mol. The van der Waals surface area contributed by atoms with Gasteiger partial charge in [-0.25, -0.2) is 0 Å². The van der Waals surface area contributed by atoms with Crippen molar-refractivity contribution in [2.45, 2.75) is 38.8 Å². The monoisotopic (exact) mass is 266 g/mol. The van der Waals surface area contributed by atoms with Crippen LogP contribution in [0.4, 0.5) is 11.4 Å². The van der Waals surface area contributed by atoms with Gasteiger partial charge in [0, 0.05) is 11.4 Å². The Hall–Kier alpha value is -1.96. The van der Waals surface area contributed by atoms with E-state index >= 15 is 0 Å². The molecular weight excluding hydrogens is 244 g/mol. The minimum Gasteiger partial charge on any atom is -0.399 e. The first-order valence-electron chi connectivity index (χ1n) is 7.11. The highest BCUT2D eigenvalue weighted by Gasteiger charge is 2.48. The quantitative estimate of drug-likeness (QED) is 0.781. The predicted octanol–water partition coefficient (Wildman–Crippen LogP) is 4.26. The summed E-state index contributed by atoms with van der Waals surface area (Å²) < 4.78 is 0. The second-order valence-electron chi connectivity index (χ2n) is 6.59. The van der Waals surface area contributed by atoms with Gasteiger partial charge >= 0.3 is 0 Å². The number of nitrogen functional groups attached to an aromatic ring is 1. The van der Waals surface area contributed by atoms with Gasteiger partial charge in [0.2, 0.25) is 0 Å². The van der Waals surface area contributed by atoms with Crippen molar-refractivity contribution in [1.29, 1.82) is 0 Å². The first kappa shape index (κ1) is 13.0. The minimum absolute atomic E-state index is 0.0315. The lowest BCUT2D eigenvalue weighted by Crippen LogP contribution is -2.45. The third kappa shape index (κ3) is 1.64. The van der Waals surface area contributed by atoms with E-state index in [0.29, 0.717) is 0 Å². The highest BCUT2D eigenvalue weighted by molar-refractivity contribution is 5.63. The zero-order valence-corrected chi connectivity index (χ0v) is 12.6. The molecule has 1 aliphatic heterocycles. The fourth-order valence-corrected chi connectivity index (χ4v) is 3.76. The number of hydrogen-bond acceptors (Lipinski definition) is 2. The van der Waals surface area contributed by atoms with Crippen molar-refractivity contribution in [3.8, 4) is 0 Å². The van der Waals surface area contributed by atoms with Gasteiger partial charge in [0.15, 0.2) is 0 Å². The Labute approximate surface area is 121 Å². The maximum atomic E-state index is 5.83. The van der Waals surface area contributed by atoms with Gasteiger partial charge in [0.1, 0.15) is 0 Å². The number of hydrogen-bond donors (Lipinski definition) is 1. The number of rotatable bonds is 1. The summed E-state index contributed by atoms with van der Waals surface area (Å²) in [6.07, 6.45) is 0. The van der Waals surface area contributed by atoms with Crippen LogP contribution in [0, 0.1) is 0 Å². The molecule has 2 nitrogen and oxygen atoms in total. The van der Waals surface area contributed by atoms with E-state index in [0.717, 1.165) is 5.69 Å². The van der Waals surface area contributed by atoms with Gasteiger partial charge < -0.3 is 10.6 Å². The van der Waals surface area contributed by atoms with Crippen LogP contribution in [0.3, 0.4) is 0 Å². The molecule has 0 unspecified atom stereocenters. The van der Waals surface area contributed by atoms with Crippen molar-refractivity contribution in [2.75, 3.05) is 10.6 Å². The summed E-state index contributed by atoms with van der Waals surface area (Å²) in [6, 6.07) is 16.9. The molecule has 0 saturated heterocycles. The lowest BCUT2D eigenvalue weighted by molar-refractivity contribution is 0.403. The lowest BCUT2D eigenvalue weighted by Gasteiger charge is -2.43. The molecule has 2 heteroatoms. The number of fused-ring (bicyclic) bond motifs is 1. The largest absolute Gasteiger partial charge is 0.399 e. The molecule has 0 aliphatic carbocycles. The summed E-state index contributed by atoms with van der Waals surface area (Å²) in [7, 11) is 0. The van der Waals surface area contributed by atoms with Crippen LogP contribution in [0.25, 0.3) is 0 Å². The summed E-state index contributed by atoms with van der Waals surface area (Å²) in [5, 5.41) is 0. The molecule has 2 aromatic rings. The molecule has 0 fully saturated rings. The fourth-order valence-electron chi connectivity index (χ4n) is 3.76. The summed E-state index contributed by atoms with van der Waals surface area (Å²) in [5.41, 5.74) is 10.6. The number of benzene rings is 2. The molecule has 0 spiro atoms. The van der Waals surface area contributed by atoms with Crippen LogP contribution >= 0.6 is 0 Å². The normalized spacial score (nSPS) is 18.9. The van der Waals surface area contributed by atoms with E-state index in [1.165, 1.54) is 16.8 Å². The molecular formula is C18H22N2. The Morgan fingerprint density at radius 2 is 1.20 bits per heavy atom. The Kier molecular flexibility index (Phi) is 2.62. The van der Waals surface area contributed by atoms with Gasteiger partial charge in [0.05, 0.1) is 11.1 Å². The minimum atomic E-state index is -0.0315. The van der Waals surface area contributed by atoms with Crippen LogP contribution < -0.4 is 10.6 Å². The van der Waals surface area contributed by atoms with Crippen LogP contribution in [0.15, 0.2) is 48.5 Å². The van der Waals surface area contributed by atoms with Crippen molar-refractivity contribution in [3.05, 3.63) is 59.7 Å². The molecule has 0 aromatic heterocycles. The number of anilines is 2. The van der Waals surface area contributed by atoms with E-state index in [9.17, 15) is 0 Å². The average Bonchev–Trinajstić information content (AvgIpc) is 2.56. The third-order valence-corrected chi connectivity index (χ3v) is 4.51. The Balaban J connectivity index is 2.20. The first-order valence-corrected chi connectivity index (χ1v) is 7.11. The van der Waals surface area contributed by atoms with E-state index in [2.05, 4.69) is 69.0 Å². The molecule has 0 bridgehead atoms. The van der Waals surface area contributed by atoms with Crippen LogP contribution in [0.2, 0.25) is 0 Å². The van der Waals surface area contributed by atoms with Gasteiger partial charge in [-0.2, -0.15) is 0 Å². The third-order valence-electron chi connectivity index (χ3n) is 4.51. The van der Waals surface area contributed by atoms with Gasteiger partial charge in [-0.3, -0.25) is 0 Å². The standard InChI is InChI=1S/C18H22N2/c1-17(2)15-7-5-6-8-16(15)18(3,4)20(17)14-11-9-13(19)10-12-14/h5-12H,19H2,1-4H3. The first-order chi connectivity index (χ1) is 9.35. The summed E-state index contributed by atoms with van der Waals surface area (Å²) in [5.74, 6) is 0. The van der Waals surface area contributed by atoms with Crippen LogP contribution in [-0.2, 0) is 11.1 Å². The van der Waals surface area contributed by atoms with Crippen molar-refractivity contribution in [3.63, 3.8) is 0 Å². The molecule has 2 aromatic carbocycles. The molecule has 0 saturated carbocycles. The van der Waals surface area contributed by atoms with Crippen LogP contribution in [0.5, 0.6) is 0 Å². The zero-order chi connectivity index (χ0) is 14.5. The molecule has 1 aliphatic rings. The Morgan fingerprint density at radius 1 is 0.750 bits per heavy atom. The topological polar surface area (TPSA) is 29.3 Å². The molecule has 0 atom stereocenters. The molecule has 104 valence electrons. The van der Waals surface area contributed by atoms with E-state index in [1.807, 2.05) is 12.1 Å². The summed E-state index contributed by atoms with van der Waals surface area (Å²) in [4.78, 5) is 2.49. The van der Waals surface area contributed by atoms with Crippen molar-refractivity contribution in [1.82, 2.24) is 0 Å². The summed E-state index contributed by atoms with van der Waals surface area (Å²) >= 11 is 0. The number of nitrogens with two attached hydrogens (primary N) is 1. The Bertz CT molecular complexity index is 604. The Morgan fingerprint density at radius 3 is 1.65 bits per heavy atom. The second-order valence-corrected chi connectivity index (χ2v) is 6.59. The molecule has 0 amide bonds. The van der Waals surface area contributed by atoms with E-state index in [4.69, 9.17) is 5.73 Å². The molecule has 20 heavy (non-hydrogen) atoms. The lowest BCUT2D eigenvalue weighted by atomic mass is 9.91. The molecule has 2 N–H and O–H groups in total. The predicted molar refractivity (Wildman–Crippen MR) is 85.8 cm³/mol. The van der Waals surface area contributed by atoms with Crippen LogP contribution in [-0.4, -0.2) is 0 Å². The zero-order valence-electron chi connectivity index (χ0n) is 12.6. The molecule has 0 radical (unpaired) electrons. The van der Waals surface area contributed by atoms with Gasteiger partial charge in [-0.1, -0.05) is 24.3 Å². The van der Waals surface area contributed by atoms with Crippen molar-refractivity contribution < 1.29 is 0 Å². The van der Waals surface area contributed by atoms with Gasteiger partial charge in [-0.15, -0.1) is 0 Å².